The number of rotatable bonds is 4. The molecule has 0 aliphatic carbocycles. The van der Waals surface area contributed by atoms with E-state index in [1.807, 2.05) is 0 Å². The zero-order valence-electron chi connectivity index (χ0n) is 10.8. The van der Waals surface area contributed by atoms with E-state index in [2.05, 4.69) is 20.0 Å². The van der Waals surface area contributed by atoms with Gasteiger partial charge in [-0.1, -0.05) is 0 Å². The largest absolute Gasteiger partial charge is 0.317 e. The van der Waals surface area contributed by atoms with Crippen molar-refractivity contribution in [2.45, 2.75) is 24.8 Å². The number of aromatic nitrogens is 2. The van der Waals surface area contributed by atoms with Gasteiger partial charge in [-0.15, -0.1) is 12.4 Å². The summed E-state index contributed by atoms with van der Waals surface area (Å²) in [6, 6.07) is 0. The summed E-state index contributed by atoms with van der Waals surface area (Å²) in [5.41, 5.74) is 0.426. The van der Waals surface area contributed by atoms with Gasteiger partial charge in [0, 0.05) is 18.9 Å². The number of sulfonamides is 1. The molecule has 0 saturated carbocycles. The Kier molecular flexibility index (Phi) is 6.12. The molecule has 0 amide bonds. The van der Waals surface area contributed by atoms with Crippen molar-refractivity contribution in [3.8, 4) is 0 Å². The van der Waals surface area contributed by atoms with E-state index in [-0.39, 0.29) is 17.4 Å². The first kappa shape index (κ1) is 16.3. The third kappa shape index (κ3) is 4.38. The SMILES string of the molecule is Cc1nccnc1S(=O)(=O)NCC1CCNCC1.Cl. The van der Waals surface area contributed by atoms with Crippen molar-refractivity contribution in [3.05, 3.63) is 18.1 Å². The van der Waals surface area contributed by atoms with Crippen molar-refractivity contribution < 1.29 is 8.42 Å². The van der Waals surface area contributed by atoms with Crippen LogP contribution in [0.1, 0.15) is 18.5 Å². The normalized spacial score (nSPS) is 16.9. The van der Waals surface area contributed by atoms with E-state index in [0.717, 1.165) is 25.9 Å². The second-order valence-corrected chi connectivity index (χ2v) is 6.17. The summed E-state index contributed by atoms with van der Waals surface area (Å²) >= 11 is 0. The molecule has 0 bridgehead atoms. The van der Waals surface area contributed by atoms with E-state index < -0.39 is 10.0 Å². The smallest absolute Gasteiger partial charge is 0.259 e. The third-order valence-electron chi connectivity index (χ3n) is 3.11. The molecule has 0 radical (unpaired) electrons. The molecule has 6 nitrogen and oxygen atoms in total. The van der Waals surface area contributed by atoms with Gasteiger partial charge in [0.25, 0.3) is 10.0 Å². The second-order valence-electron chi connectivity index (χ2n) is 4.49. The van der Waals surface area contributed by atoms with E-state index in [1.54, 1.807) is 6.92 Å². The lowest BCUT2D eigenvalue weighted by Crippen LogP contribution is -2.36. The van der Waals surface area contributed by atoms with E-state index in [1.165, 1.54) is 12.4 Å². The van der Waals surface area contributed by atoms with Crippen LogP contribution in [0.15, 0.2) is 17.4 Å². The highest BCUT2D eigenvalue weighted by molar-refractivity contribution is 7.89. The molecule has 19 heavy (non-hydrogen) atoms. The highest BCUT2D eigenvalue weighted by Gasteiger charge is 2.21. The minimum atomic E-state index is -3.53. The van der Waals surface area contributed by atoms with Crippen molar-refractivity contribution >= 4 is 22.4 Å². The lowest BCUT2D eigenvalue weighted by Gasteiger charge is -2.22. The zero-order chi connectivity index (χ0) is 13.0. The maximum absolute atomic E-state index is 12.1. The molecule has 2 rings (SSSR count). The summed E-state index contributed by atoms with van der Waals surface area (Å²) in [5.74, 6) is 0.401. The fourth-order valence-electron chi connectivity index (χ4n) is 2.04. The van der Waals surface area contributed by atoms with Crippen molar-refractivity contribution in [1.29, 1.82) is 0 Å². The van der Waals surface area contributed by atoms with Crippen LogP contribution in [0.2, 0.25) is 0 Å². The molecule has 1 aliphatic rings. The molecule has 108 valence electrons. The van der Waals surface area contributed by atoms with Crippen molar-refractivity contribution in [3.63, 3.8) is 0 Å². The Morgan fingerprint density at radius 1 is 1.32 bits per heavy atom. The summed E-state index contributed by atoms with van der Waals surface area (Å²) in [7, 11) is -3.53. The first-order valence-electron chi connectivity index (χ1n) is 6.07. The molecule has 1 aliphatic heterocycles. The summed E-state index contributed by atoms with van der Waals surface area (Å²) < 4.78 is 26.8. The lowest BCUT2D eigenvalue weighted by molar-refractivity contribution is 0.372. The average Bonchev–Trinajstić information content (AvgIpc) is 2.38. The molecule has 1 aromatic heterocycles. The van der Waals surface area contributed by atoms with Gasteiger partial charge < -0.3 is 5.32 Å². The van der Waals surface area contributed by atoms with Gasteiger partial charge in [0.1, 0.15) is 0 Å². The fourth-order valence-corrected chi connectivity index (χ4v) is 3.27. The average molecular weight is 307 g/mol. The number of hydrogen-bond donors (Lipinski definition) is 2. The number of nitrogens with one attached hydrogen (secondary N) is 2. The molecule has 2 N–H and O–H groups in total. The zero-order valence-corrected chi connectivity index (χ0v) is 12.4. The lowest BCUT2D eigenvalue weighted by atomic mass is 9.99. The fraction of sp³-hybridized carbons (Fsp3) is 0.636. The van der Waals surface area contributed by atoms with Gasteiger partial charge in [0.2, 0.25) is 0 Å². The monoisotopic (exact) mass is 306 g/mol. The minimum absolute atomic E-state index is 0. The van der Waals surface area contributed by atoms with Crippen LogP contribution in [0.3, 0.4) is 0 Å². The Bertz CT molecular complexity index is 503. The van der Waals surface area contributed by atoms with Crippen molar-refractivity contribution in [2.75, 3.05) is 19.6 Å². The van der Waals surface area contributed by atoms with Crippen LogP contribution in [-0.4, -0.2) is 38.0 Å². The van der Waals surface area contributed by atoms with E-state index in [0.29, 0.717) is 18.2 Å². The first-order valence-corrected chi connectivity index (χ1v) is 7.56. The van der Waals surface area contributed by atoms with E-state index >= 15 is 0 Å². The van der Waals surface area contributed by atoms with Crippen LogP contribution in [0.4, 0.5) is 0 Å². The van der Waals surface area contributed by atoms with Gasteiger partial charge in [0.05, 0.1) is 5.69 Å². The van der Waals surface area contributed by atoms with Crippen LogP contribution >= 0.6 is 12.4 Å². The Labute approximate surface area is 119 Å². The van der Waals surface area contributed by atoms with Crippen LogP contribution in [0.5, 0.6) is 0 Å². The maximum Gasteiger partial charge on any atom is 0.259 e. The predicted molar refractivity (Wildman–Crippen MR) is 74.8 cm³/mol. The summed E-state index contributed by atoms with van der Waals surface area (Å²) in [6.45, 7) is 4.03. The Morgan fingerprint density at radius 2 is 1.95 bits per heavy atom. The predicted octanol–water partition coefficient (Wildman–Crippen LogP) is 0.485. The quantitative estimate of drug-likeness (QED) is 0.845. The van der Waals surface area contributed by atoms with Gasteiger partial charge in [-0.25, -0.2) is 18.1 Å². The molecule has 8 heteroatoms. The standard InChI is InChI=1S/C11H18N4O2S.ClH/c1-9-11(14-7-6-13-9)18(16,17)15-8-10-2-4-12-5-3-10;/h6-7,10,12,15H,2-5,8H2,1H3;1H. The number of aryl methyl sites for hydroxylation is 1. The molecule has 1 saturated heterocycles. The van der Waals surface area contributed by atoms with Gasteiger partial charge in [-0.3, -0.25) is 4.98 Å². The van der Waals surface area contributed by atoms with Crippen LogP contribution in [0, 0.1) is 12.8 Å². The summed E-state index contributed by atoms with van der Waals surface area (Å²) in [6.07, 6.45) is 4.89. The van der Waals surface area contributed by atoms with Gasteiger partial charge in [-0.2, -0.15) is 0 Å². The van der Waals surface area contributed by atoms with Crippen molar-refractivity contribution in [1.82, 2.24) is 20.0 Å². The van der Waals surface area contributed by atoms with Gasteiger partial charge in [0.15, 0.2) is 5.03 Å². The van der Waals surface area contributed by atoms with Gasteiger partial charge in [-0.05, 0) is 38.8 Å². The highest BCUT2D eigenvalue weighted by Crippen LogP contribution is 2.13. The Morgan fingerprint density at radius 3 is 2.58 bits per heavy atom. The molecule has 2 heterocycles. The Balaban J connectivity index is 0.00000180. The van der Waals surface area contributed by atoms with Crippen LogP contribution in [-0.2, 0) is 10.0 Å². The molecule has 1 fully saturated rings. The van der Waals surface area contributed by atoms with E-state index in [4.69, 9.17) is 0 Å². The molecular weight excluding hydrogens is 288 g/mol. The highest BCUT2D eigenvalue weighted by atomic mass is 35.5. The molecule has 0 unspecified atom stereocenters. The third-order valence-corrected chi connectivity index (χ3v) is 4.57. The summed E-state index contributed by atoms with van der Waals surface area (Å²) in [4.78, 5) is 7.84. The van der Waals surface area contributed by atoms with Gasteiger partial charge >= 0.3 is 0 Å². The molecular formula is C11H19ClN4O2S. The number of piperidine rings is 1. The number of hydrogen-bond acceptors (Lipinski definition) is 5. The van der Waals surface area contributed by atoms with Crippen LogP contribution in [0.25, 0.3) is 0 Å². The number of nitrogens with zero attached hydrogens (tertiary/aromatic N) is 2. The van der Waals surface area contributed by atoms with Crippen molar-refractivity contribution in [2.24, 2.45) is 5.92 Å². The van der Waals surface area contributed by atoms with E-state index in [9.17, 15) is 8.42 Å². The minimum Gasteiger partial charge on any atom is -0.317 e. The summed E-state index contributed by atoms with van der Waals surface area (Å²) in [5, 5.41) is 3.28. The molecule has 0 aromatic carbocycles. The Hall–Kier alpha value is -0.760. The second kappa shape index (κ2) is 7.14. The maximum atomic E-state index is 12.1. The molecule has 0 atom stereocenters. The number of halogens is 1. The molecule has 0 spiro atoms. The topological polar surface area (TPSA) is 84.0 Å². The molecule has 1 aromatic rings. The first-order chi connectivity index (χ1) is 8.59. The van der Waals surface area contributed by atoms with Crippen LogP contribution < -0.4 is 10.0 Å².